The summed E-state index contributed by atoms with van der Waals surface area (Å²) in [5.41, 5.74) is 0.983. The Morgan fingerprint density at radius 1 is 1.62 bits per heavy atom. The fourth-order valence-corrected chi connectivity index (χ4v) is 2.35. The molecule has 0 aliphatic heterocycles. The van der Waals surface area contributed by atoms with E-state index in [9.17, 15) is 5.26 Å². The highest BCUT2D eigenvalue weighted by atomic mass is 15.1. The molecule has 0 aromatic carbocycles. The van der Waals surface area contributed by atoms with E-state index < -0.39 is 0 Å². The van der Waals surface area contributed by atoms with E-state index in [4.69, 9.17) is 0 Å². The lowest BCUT2D eigenvalue weighted by Crippen LogP contribution is -2.31. The highest BCUT2D eigenvalue weighted by molar-refractivity contribution is 5.14. The first-order valence-electron chi connectivity index (χ1n) is 6.01. The molecule has 2 rings (SSSR count). The maximum atomic E-state index is 9.22. The molecule has 1 aliphatic rings. The standard InChI is InChI=1S/C12H18N4/c1-2-16-9-14-8-12(16)11(7-13)15-10-5-3-4-6-10/h8-11,15H,2-6H2,1H3. The van der Waals surface area contributed by atoms with Crippen molar-refractivity contribution in [3.63, 3.8) is 0 Å². The quantitative estimate of drug-likeness (QED) is 0.841. The van der Waals surface area contributed by atoms with Gasteiger partial charge >= 0.3 is 0 Å². The van der Waals surface area contributed by atoms with Gasteiger partial charge in [0.1, 0.15) is 6.04 Å². The number of nitriles is 1. The third-order valence-electron chi connectivity index (χ3n) is 3.27. The number of rotatable bonds is 4. The third kappa shape index (κ3) is 2.25. The van der Waals surface area contributed by atoms with Crippen molar-refractivity contribution in [2.24, 2.45) is 0 Å². The van der Waals surface area contributed by atoms with Gasteiger partial charge in [-0.25, -0.2) is 4.98 Å². The van der Waals surface area contributed by atoms with Crippen molar-refractivity contribution in [1.29, 1.82) is 5.26 Å². The van der Waals surface area contributed by atoms with Gasteiger partial charge < -0.3 is 4.57 Å². The molecule has 16 heavy (non-hydrogen) atoms. The number of imidazole rings is 1. The third-order valence-corrected chi connectivity index (χ3v) is 3.27. The molecule has 4 nitrogen and oxygen atoms in total. The summed E-state index contributed by atoms with van der Waals surface area (Å²) in [6.45, 7) is 2.93. The molecule has 1 aromatic rings. The normalized spacial score (nSPS) is 18.5. The van der Waals surface area contributed by atoms with E-state index in [2.05, 4.69) is 23.3 Å². The fraction of sp³-hybridized carbons (Fsp3) is 0.667. The van der Waals surface area contributed by atoms with Gasteiger partial charge in [0.05, 0.1) is 24.3 Å². The van der Waals surface area contributed by atoms with Crippen LogP contribution in [0.1, 0.15) is 44.3 Å². The van der Waals surface area contributed by atoms with E-state index in [-0.39, 0.29) is 6.04 Å². The van der Waals surface area contributed by atoms with Gasteiger partial charge in [-0.3, -0.25) is 5.32 Å². The zero-order valence-corrected chi connectivity index (χ0v) is 9.69. The van der Waals surface area contributed by atoms with E-state index in [1.807, 2.05) is 4.57 Å². The molecule has 1 aromatic heterocycles. The monoisotopic (exact) mass is 218 g/mol. The number of nitrogens with zero attached hydrogens (tertiary/aromatic N) is 3. The van der Waals surface area contributed by atoms with Crippen LogP contribution in [-0.4, -0.2) is 15.6 Å². The predicted molar refractivity (Wildman–Crippen MR) is 61.6 cm³/mol. The van der Waals surface area contributed by atoms with E-state index in [0.29, 0.717) is 6.04 Å². The van der Waals surface area contributed by atoms with Crippen LogP contribution in [0.15, 0.2) is 12.5 Å². The Morgan fingerprint density at radius 2 is 2.38 bits per heavy atom. The predicted octanol–water partition coefficient (Wildman–Crippen LogP) is 2.00. The van der Waals surface area contributed by atoms with Gasteiger partial charge in [0, 0.05) is 12.6 Å². The molecule has 1 unspecified atom stereocenters. The Hall–Kier alpha value is -1.34. The van der Waals surface area contributed by atoms with Gasteiger partial charge in [0.25, 0.3) is 0 Å². The minimum Gasteiger partial charge on any atom is -0.333 e. The molecule has 0 radical (unpaired) electrons. The molecular formula is C12H18N4. The van der Waals surface area contributed by atoms with Crippen molar-refractivity contribution in [1.82, 2.24) is 14.9 Å². The second-order valence-electron chi connectivity index (χ2n) is 4.31. The van der Waals surface area contributed by atoms with E-state index >= 15 is 0 Å². The van der Waals surface area contributed by atoms with Gasteiger partial charge in [-0.05, 0) is 19.8 Å². The molecule has 1 heterocycles. The summed E-state index contributed by atoms with van der Waals surface area (Å²) in [6.07, 6.45) is 8.53. The topological polar surface area (TPSA) is 53.6 Å². The first-order chi connectivity index (χ1) is 7.85. The largest absolute Gasteiger partial charge is 0.333 e. The highest BCUT2D eigenvalue weighted by Gasteiger charge is 2.21. The molecule has 0 spiro atoms. The van der Waals surface area contributed by atoms with Crippen LogP contribution in [-0.2, 0) is 6.54 Å². The van der Waals surface area contributed by atoms with E-state index in [1.54, 1.807) is 12.5 Å². The lowest BCUT2D eigenvalue weighted by atomic mass is 10.1. The molecule has 4 heteroatoms. The van der Waals surface area contributed by atoms with Crippen LogP contribution in [0.4, 0.5) is 0 Å². The van der Waals surface area contributed by atoms with Crippen LogP contribution in [0.3, 0.4) is 0 Å². The molecule has 1 aliphatic carbocycles. The number of hydrogen-bond acceptors (Lipinski definition) is 3. The lowest BCUT2D eigenvalue weighted by Gasteiger charge is -2.17. The molecule has 86 valence electrons. The first-order valence-corrected chi connectivity index (χ1v) is 6.01. The lowest BCUT2D eigenvalue weighted by molar-refractivity contribution is 0.475. The van der Waals surface area contributed by atoms with Crippen molar-refractivity contribution in [2.45, 2.75) is 51.2 Å². The first kappa shape index (κ1) is 11.2. The van der Waals surface area contributed by atoms with Crippen molar-refractivity contribution in [2.75, 3.05) is 0 Å². The van der Waals surface area contributed by atoms with Gasteiger partial charge in [-0.1, -0.05) is 12.8 Å². The van der Waals surface area contributed by atoms with Crippen LogP contribution in [0, 0.1) is 11.3 Å². The molecule has 1 N–H and O–H groups in total. The Morgan fingerprint density at radius 3 is 3.00 bits per heavy atom. The Labute approximate surface area is 96.3 Å². The second kappa shape index (κ2) is 5.13. The van der Waals surface area contributed by atoms with E-state index in [0.717, 1.165) is 12.2 Å². The maximum Gasteiger partial charge on any atom is 0.138 e. The second-order valence-corrected chi connectivity index (χ2v) is 4.31. The zero-order valence-electron chi connectivity index (χ0n) is 9.69. The van der Waals surface area contributed by atoms with Crippen molar-refractivity contribution < 1.29 is 0 Å². The molecular weight excluding hydrogens is 200 g/mol. The Kier molecular flexibility index (Phi) is 3.58. The summed E-state index contributed by atoms with van der Waals surface area (Å²) in [4.78, 5) is 4.11. The molecule has 0 amide bonds. The van der Waals surface area contributed by atoms with Crippen LogP contribution in [0.5, 0.6) is 0 Å². The maximum absolute atomic E-state index is 9.22. The number of hydrogen-bond donors (Lipinski definition) is 1. The highest BCUT2D eigenvalue weighted by Crippen LogP contribution is 2.21. The Bertz CT molecular complexity index is 371. The minimum atomic E-state index is -0.217. The summed E-state index contributed by atoms with van der Waals surface area (Å²) in [5, 5.41) is 12.6. The van der Waals surface area contributed by atoms with Crippen molar-refractivity contribution >= 4 is 0 Å². The number of aromatic nitrogens is 2. The summed E-state index contributed by atoms with van der Waals surface area (Å²) in [5.74, 6) is 0. The summed E-state index contributed by atoms with van der Waals surface area (Å²) in [7, 11) is 0. The van der Waals surface area contributed by atoms with Crippen LogP contribution in [0.25, 0.3) is 0 Å². The summed E-state index contributed by atoms with van der Waals surface area (Å²) >= 11 is 0. The molecule has 0 saturated heterocycles. The van der Waals surface area contributed by atoms with Crippen molar-refractivity contribution in [3.05, 3.63) is 18.2 Å². The number of aryl methyl sites for hydroxylation is 1. The number of nitrogens with one attached hydrogen (secondary N) is 1. The molecule has 0 bridgehead atoms. The molecule has 1 saturated carbocycles. The van der Waals surface area contributed by atoms with Crippen LogP contribution in [0.2, 0.25) is 0 Å². The summed E-state index contributed by atoms with van der Waals surface area (Å²) < 4.78 is 2.02. The average molecular weight is 218 g/mol. The molecule has 1 fully saturated rings. The summed E-state index contributed by atoms with van der Waals surface area (Å²) in [6, 6.07) is 2.62. The fourth-order valence-electron chi connectivity index (χ4n) is 2.35. The van der Waals surface area contributed by atoms with Gasteiger partial charge in [0.15, 0.2) is 0 Å². The van der Waals surface area contributed by atoms with Crippen molar-refractivity contribution in [3.8, 4) is 6.07 Å². The molecule has 1 atom stereocenters. The average Bonchev–Trinajstić information content (AvgIpc) is 2.96. The minimum absolute atomic E-state index is 0.217. The van der Waals surface area contributed by atoms with Gasteiger partial charge in [-0.15, -0.1) is 0 Å². The van der Waals surface area contributed by atoms with E-state index in [1.165, 1.54) is 25.7 Å². The van der Waals surface area contributed by atoms with Gasteiger partial charge in [-0.2, -0.15) is 5.26 Å². The van der Waals surface area contributed by atoms with Crippen LogP contribution >= 0.6 is 0 Å². The SMILES string of the molecule is CCn1cncc1C(C#N)NC1CCCC1. The smallest absolute Gasteiger partial charge is 0.138 e. The van der Waals surface area contributed by atoms with Gasteiger partial charge in [0.2, 0.25) is 0 Å². The Balaban J connectivity index is 2.07. The van der Waals surface area contributed by atoms with Crippen LogP contribution < -0.4 is 5.32 Å². The zero-order chi connectivity index (χ0) is 11.4.